The largest absolute Gasteiger partial charge is 0.353 e. The van der Waals surface area contributed by atoms with Crippen molar-refractivity contribution in [3.63, 3.8) is 0 Å². The van der Waals surface area contributed by atoms with E-state index in [1.807, 2.05) is 4.90 Å². The molecule has 2 amide bonds. The molecule has 0 saturated carbocycles. The number of carbonyl (C=O) groups excluding carboxylic acids is 2. The Kier molecular flexibility index (Phi) is 5.64. The normalized spacial score (nSPS) is 14.3. The van der Waals surface area contributed by atoms with Crippen molar-refractivity contribution < 1.29 is 9.59 Å². The Morgan fingerprint density at radius 1 is 1.08 bits per heavy atom. The topological polar surface area (TPSA) is 65.5 Å². The highest BCUT2D eigenvalue weighted by molar-refractivity contribution is 6.35. The lowest BCUT2D eigenvalue weighted by molar-refractivity contribution is -0.129. The van der Waals surface area contributed by atoms with Crippen molar-refractivity contribution in [3.8, 4) is 0 Å². The molecule has 26 heavy (non-hydrogen) atoms. The van der Waals surface area contributed by atoms with Crippen LogP contribution in [0.15, 0.2) is 36.5 Å². The van der Waals surface area contributed by atoms with Crippen LogP contribution in [-0.4, -0.2) is 47.9 Å². The molecule has 2 aromatic rings. The highest BCUT2D eigenvalue weighted by Gasteiger charge is 2.19. The fraction of sp³-hybridized carbons (Fsp3) is 0.278. The molecule has 3 rings (SSSR count). The molecule has 1 aliphatic rings. The van der Waals surface area contributed by atoms with E-state index in [2.05, 4.69) is 15.2 Å². The quantitative estimate of drug-likeness (QED) is 0.869. The molecule has 1 aromatic heterocycles. The van der Waals surface area contributed by atoms with Gasteiger partial charge < -0.3 is 15.1 Å². The average Bonchev–Trinajstić information content (AvgIpc) is 2.65. The fourth-order valence-corrected chi connectivity index (χ4v) is 3.08. The lowest BCUT2D eigenvalue weighted by atomic mass is 10.2. The zero-order chi connectivity index (χ0) is 18.7. The second-order valence-corrected chi connectivity index (χ2v) is 6.82. The van der Waals surface area contributed by atoms with Gasteiger partial charge in [-0.05, 0) is 30.3 Å². The molecule has 136 valence electrons. The summed E-state index contributed by atoms with van der Waals surface area (Å²) in [5.41, 5.74) is 0.876. The first-order valence-corrected chi connectivity index (χ1v) is 8.92. The summed E-state index contributed by atoms with van der Waals surface area (Å²) in [4.78, 5) is 32.0. The van der Waals surface area contributed by atoms with Crippen LogP contribution in [0, 0.1) is 0 Å². The van der Waals surface area contributed by atoms with Gasteiger partial charge in [0.2, 0.25) is 5.91 Å². The molecule has 0 atom stereocenters. The highest BCUT2D eigenvalue weighted by atomic mass is 35.5. The molecule has 0 unspecified atom stereocenters. The smallest absolute Gasteiger partial charge is 0.257 e. The van der Waals surface area contributed by atoms with Crippen molar-refractivity contribution in [2.45, 2.75) is 6.92 Å². The van der Waals surface area contributed by atoms with Crippen LogP contribution in [-0.2, 0) is 4.79 Å². The molecule has 0 radical (unpaired) electrons. The van der Waals surface area contributed by atoms with Crippen LogP contribution >= 0.6 is 23.2 Å². The standard InChI is InChI=1S/C18H18Cl2N4O2/c1-12(25)23-6-8-24(9-7-23)17-5-2-13(11-21-17)18(26)22-16-10-14(19)3-4-15(16)20/h2-5,10-11H,6-9H2,1H3,(H,22,26). The maximum absolute atomic E-state index is 12.4. The Bertz CT molecular complexity index is 818. The van der Waals surface area contributed by atoms with E-state index in [-0.39, 0.29) is 11.8 Å². The number of rotatable bonds is 3. The number of piperazine rings is 1. The molecular formula is C18H18Cl2N4O2. The zero-order valence-corrected chi connectivity index (χ0v) is 15.7. The summed E-state index contributed by atoms with van der Waals surface area (Å²) in [7, 11) is 0. The number of anilines is 2. The number of benzene rings is 1. The predicted octanol–water partition coefficient (Wildman–Crippen LogP) is 3.31. The summed E-state index contributed by atoms with van der Waals surface area (Å²) in [6, 6.07) is 8.40. The molecule has 0 bridgehead atoms. The Labute approximate surface area is 161 Å². The monoisotopic (exact) mass is 392 g/mol. The first-order valence-electron chi connectivity index (χ1n) is 8.17. The van der Waals surface area contributed by atoms with Gasteiger partial charge in [0.15, 0.2) is 0 Å². The molecule has 8 heteroatoms. The van der Waals surface area contributed by atoms with Gasteiger partial charge in [0, 0.05) is 44.3 Å². The highest BCUT2D eigenvalue weighted by Crippen LogP contribution is 2.26. The molecule has 0 aliphatic carbocycles. The fourth-order valence-electron chi connectivity index (χ4n) is 2.75. The van der Waals surface area contributed by atoms with Crippen molar-refractivity contribution >= 4 is 46.5 Å². The first-order chi connectivity index (χ1) is 12.4. The van der Waals surface area contributed by atoms with E-state index >= 15 is 0 Å². The molecule has 1 N–H and O–H groups in total. The van der Waals surface area contributed by atoms with Gasteiger partial charge in [-0.25, -0.2) is 4.98 Å². The van der Waals surface area contributed by atoms with Crippen molar-refractivity contribution in [2.24, 2.45) is 0 Å². The minimum Gasteiger partial charge on any atom is -0.353 e. The van der Waals surface area contributed by atoms with E-state index in [0.29, 0.717) is 34.4 Å². The van der Waals surface area contributed by atoms with Gasteiger partial charge in [-0.15, -0.1) is 0 Å². The lowest BCUT2D eigenvalue weighted by Gasteiger charge is -2.34. The molecule has 1 aromatic carbocycles. The Hall–Kier alpha value is -2.31. The van der Waals surface area contributed by atoms with E-state index < -0.39 is 0 Å². The Balaban J connectivity index is 1.65. The zero-order valence-electron chi connectivity index (χ0n) is 14.2. The van der Waals surface area contributed by atoms with E-state index in [9.17, 15) is 9.59 Å². The summed E-state index contributed by atoms with van der Waals surface area (Å²) in [5.74, 6) is 0.560. The maximum Gasteiger partial charge on any atom is 0.257 e. The number of nitrogens with one attached hydrogen (secondary N) is 1. The van der Waals surface area contributed by atoms with Gasteiger partial charge in [-0.2, -0.15) is 0 Å². The van der Waals surface area contributed by atoms with Gasteiger partial charge in [0.25, 0.3) is 5.91 Å². The molecule has 0 spiro atoms. The third-order valence-electron chi connectivity index (χ3n) is 4.24. The Morgan fingerprint density at radius 3 is 2.42 bits per heavy atom. The van der Waals surface area contributed by atoms with E-state index in [1.54, 1.807) is 37.3 Å². The lowest BCUT2D eigenvalue weighted by Crippen LogP contribution is -2.48. The van der Waals surface area contributed by atoms with Crippen LogP contribution in [0.25, 0.3) is 0 Å². The van der Waals surface area contributed by atoms with E-state index in [1.165, 1.54) is 6.20 Å². The van der Waals surface area contributed by atoms with Crippen molar-refractivity contribution in [1.82, 2.24) is 9.88 Å². The maximum atomic E-state index is 12.4. The third kappa shape index (κ3) is 4.26. The summed E-state index contributed by atoms with van der Waals surface area (Å²) >= 11 is 12.0. The molecule has 1 fully saturated rings. The average molecular weight is 393 g/mol. The van der Waals surface area contributed by atoms with Gasteiger partial charge in [-0.3, -0.25) is 9.59 Å². The molecule has 2 heterocycles. The number of amides is 2. The number of aromatic nitrogens is 1. The van der Waals surface area contributed by atoms with Crippen molar-refractivity contribution in [2.75, 3.05) is 36.4 Å². The second-order valence-electron chi connectivity index (χ2n) is 5.98. The molecule has 1 aliphatic heterocycles. The van der Waals surface area contributed by atoms with Gasteiger partial charge in [0.05, 0.1) is 16.3 Å². The number of carbonyl (C=O) groups is 2. The first kappa shape index (κ1) is 18.5. The van der Waals surface area contributed by atoms with Crippen LogP contribution in [0.5, 0.6) is 0 Å². The second kappa shape index (κ2) is 7.93. The van der Waals surface area contributed by atoms with Crippen molar-refractivity contribution in [3.05, 3.63) is 52.1 Å². The summed E-state index contributed by atoms with van der Waals surface area (Å²) in [6.07, 6.45) is 1.53. The number of halogens is 2. The van der Waals surface area contributed by atoms with E-state index in [0.717, 1.165) is 18.9 Å². The number of nitrogens with zero attached hydrogens (tertiary/aromatic N) is 3. The number of hydrogen-bond acceptors (Lipinski definition) is 4. The van der Waals surface area contributed by atoms with E-state index in [4.69, 9.17) is 23.2 Å². The summed E-state index contributed by atoms with van der Waals surface area (Å²) in [5, 5.41) is 3.63. The van der Waals surface area contributed by atoms with Crippen molar-refractivity contribution in [1.29, 1.82) is 0 Å². The summed E-state index contributed by atoms with van der Waals surface area (Å²) < 4.78 is 0. The Morgan fingerprint density at radius 2 is 1.81 bits per heavy atom. The van der Waals surface area contributed by atoms with Crippen LogP contribution < -0.4 is 10.2 Å². The van der Waals surface area contributed by atoms with Gasteiger partial charge >= 0.3 is 0 Å². The molecule has 6 nitrogen and oxygen atoms in total. The van der Waals surface area contributed by atoms with Crippen LogP contribution in [0.4, 0.5) is 11.5 Å². The van der Waals surface area contributed by atoms with Crippen LogP contribution in [0.1, 0.15) is 17.3 Å². The summed E-state index contributed by atoms with van der Waals surface area (Å²) in [6.45, 7) is 4.36. The SMILES string of the molecule is CC(=O)N1CCN(c2ccc(C(=O)Nc3cc(Cl)ccc3Cl)cn2)CC1. The molecule has 1 saturated heterocycles. The van der Waals surface area contributed by atoms with Gasteiger partial charge in [-0.1, -0.05) is 23.2 Å². The van der Waals surface area contributed by atoms with Crippen LogP contribution in [0.3, 0.4) is 0 Å². The third-order valence-corrected chi connectivity index (χ3v) is 4.80. The minimum atomic E-state index is -0.311. The number of hydrogen-bond donors (Lipinski definition) is 1. The minimum absolute atomic E-state index is 0.0873. The van der Waals surface area contributed by atoms with Crippen LogP contribution in [0.2, 0.25) is 10.0 Å². The predicted molar refractivity (Wildman–Crippen MR) is 103 cm³/mol. The molecular weight excluding hydrogens is 375 g/mol. The number of pyridine rings is 1. The van der Waals surface area contributed by atoms with Gasteiger partial charge in [0.1, 0.15) is 5.82 Å².